The van der Waals surface area contributed by atoms with Crippen LogP contribution in [-0.2, 0) is 5.41 Å². The van der Waals surface area contributed by atoms with E-state index in [2.05, 4.69) is 25.8 Å². The molecular weight excluding hydrogens is 208 g/mol. The predicted molar refractivity (Wildman–Crippen MR) is 64.0 cm³/mol. The van der Waals surface area contributed by atoms with Gasteiger partial charge in [0.1, 0.15) is 6.10 Å². The summed E-state index contributed by atoms with van der Waals surface area (Å²) in [7, 11) is 0. The molecule has 86 valence electrons. The Morgan fingerprint density at radius 3 is 2.20 bits per heavy atom. The lowest BCUT2D eigenvalue weighted by atomic mass is 9.96. The Labute approximate surface area is 95.3 Å². The number of hydrogen-bond acceptors (Lipinski definition) is 4. The molecule has 0 spiro atoms. The van der Waals surface area contributed by atoms with Gasteiger partial charge in [-0.15, -0.1) is 11.3 Å². The predicted octanol–water partition coefficient (Wildman–Crippen LogP) is 2.21. The van der Waals surface area contributed by atoms with E-state index in [1.54, 1.807) is 25.2 Å². The molecule has 3 nitrogen and oxygen atoms in total. The van der Waals surface area contributed by atoms with Crippen molar-refractivity contribution in [3.05, 3.63) is 16.1 Å². The second-order valence-electron chi connectivity index (χ2n) is 5.55. The molecule has 0 bridgehead atoms. The Kier molecular flexibility index (Phi) is 3.24. The Balaban J connectivity index is 2.95. The second kappa shape index (κ2) is 3.85. The van der Waals surface area contributed by atoms with Gasteiger partial charge in [-0.3, -0.25) is 0 Å². The minimum absolute atomic E-state index is 0.0291. The molecule has 0 saturated heterocycles. The zero-order valence-corrected chi connectivity index (χ0v) is 10.9. The lowest BCUT2D eigenvalue weighted by Crippen LogP contribution is -2.39. The Hall–Kier alpha value is -0.450. The largest absolute Gasteiger partial charge is 0.385 e. The first-order chi connectivity index (χ1) is 6.62. The minimum atomic E-state index is -0.704. The third-order valence-electron chi connectivity index (χ3n) is 2.15. The quantitative estimate of drug-likeness (QED) is 0.816. The molecule has 1 aromatic heterocycles. The van der Waals surface area contributed by atoms with Gasteiger partial charge in [0.15, 0.2) is 0 Å². The highest BCUT2D eigenvalue weighted by Crippen LogP contribution is 2.30. The summed E-state index contributed by atoms with van der Waals surface area (Å²) >= 11 is 1.57. The smallest absolute Gasteiger partial charge is 0.114 e. The molecule has 0 saturated carbocycles. The lowest BCUT2D eigenvalue weighted by Gasteiger charge is -2.24. The van der Waals surface area contributed by atoms with E-state index in [4.69, 9.17) is 5.73 Å². The fraction of sp³-hybridized carbons (Fsp3) is 0.727. The molecule has 0 aliphatic rings. The first kappa shape index (κ1) is 12.6. The zero-order valence-electron chi connectivity index (χ0n) is 10.0. The maximum atomic E-state index is 9.96. The van der Waals surface area contributed by atoms with Gasteiger partial charge in [-0.25, -0.2) is 4.98 Å². The number of nitrogens with zero attached hydrogens (tertiary/aromatic N) is 1. The molecule has 3 N–H and O–H groups in total. The number of aliphatic hydroxyl groups is 1. The van der Waals surface area contributed by atoms with Gasteiger partial charge in [0.2, 0.25) is 0 Å². The Morgan fingerprint density at radius 2 is 1.87 bits per heavy atom. The number of rotatable bonds is 2. The lowest BCUT2D eigenvalue weighted by molar-refractivity contribution is 0.101. The summed E-state index contributed by atoms with van der Waals surface area (Å²) in [6, 6.07) is 0. The first-order valence-corrected chi connectivity index (χ1v) is 5.93. The number of thiazole rings is 1. The fourth-order valence-electron chi connectivity index (χ4n) is 1.14. The normalized spacial score (nSPS) is 15.4. The molecule has 1 aromatic rings. The van der Waals surface area contributed by atoms with Crippen molar-refractivity contribution in [1.29, 1.82) is 0 Å². The maximum Gasteiger partial charge on any atom is 0.114 e. The summed E-state index contributed by atoms with van der Waals surface area (Å²) in [4.78, 5) is 4.44. The summed E-state index contributed by atoms with van der Waals surface area (Å²) < 4.78 is 0. The van der Waals surface area contributed by atoms with Crippen LogP contribution < -0.4 is 5.73 Å². The topological polar surface area (TPSA) is 59.1 Å². The summed E-state index contributed by atoms with van der Waals surface area (Å²) in [5.74, 6) is 0. The van der Waals surface area contributed by atoms with Crippen molar-refractivity contribution in [1.82, 2.24) is 4.98 Å². The van der Waals surface area contributed by atoms with E-state index in [1.165, 1.54) is 0 Å². The van der Waals surface area contributed by atoms with Gasteiger partial charge in [-0.2, -0.15) is 0 Å². The number of hydrogen-bond donors (Lipinski definition) is 2. The van der Waals surface area contributed by atoms with E-state index in [0.29, 0.717) is 5.69 Å². The SMILES string of the molecule is CC(C)(C)c1nc(C(O)C(C)(C)N)cs1. The van der Waals surface area contributed by atoms with Gasteiger partial charge in [0.05, 0.1) is 10.7 Å². The number of aromatic nitrogens is 1. The van der Waals surface area contributed by atoms with E-state index in [-0.39, 0.29) is 5.41 Å². The molecule has 0 radical (unpaired) electrons. The average molecular weight is 228 g/mol. The van der Waals surface area contributed by atoms with E-state index < -0.39 is 11.6 Å². The summed E-state index contributed by atoms with van der Waals surface area (Å²) in [6.07, 6.45) is -0.704. The molecule has 0 aromatic carbocycles. The Bertz CT molecular complexity index is 333. The van der Waals surface area contributed by atoms with E-state index >= 15 is 0 Å². The van der Waals surface area contributed by atoms with Crippen molar-refractivity contribution in [3.8, 4) is 0 Å². The van der Waals surface area contributed by atoms with Crippen molar-refractivity contribution in [2.45, 2.75) is 51.7 Å². The van der Waals surface area contributed by atoms with E-state index in [1.807, 2.05) is 5.38 Å². The molecule has 1 unspecified atom stereocenters. The fourth-order valence-corrected chi connectivity index (χ4v) is 2.06. The van der Waals surface area contributed by atoms with E-state index in [0.717, 1.165) is 5.01 Å². The standard InChI is InChI=1S/C11H20N2OS/c1-10(2,3)9-13-7(6-15-9)8(14)11(4,5)12/h6,8,14H,12H2,1-5H3. The molecule has 0 fully saturated rings. The van der Waals surface area contributed by atoms with E-state index in [9.17, 15) is 5.11 Å². The summed E-state index contributed by atoms with van der Waals surface area (Å²) in [6.45, 7) is 9.92. The van der Waals surface area contributed by atoms with Crippen LogP contribution in [0.15, 0.2) is 5.38 Å². The molecule has 1 heterocycles. The third-order valence-corrected chi connectivity index (χ3v) is 3.43. The van der Waals surface area contributed by atoms with Crippen molar-refractivity contribution in [2.75, 3.05) is 0 Å². The van der Waals surface area contributed by atoms with Crippen LogP contribution >= 0.6 is 11.3 Å². The molecular formula is C11H20N2OS. The molecule has 0 amide bonds. The van der Waals surface area contributed by atoms with Crippen LogP contribution in [0, 0.1) is 0 Å². The van der Waals surface area contributed by atoms with Gasteiger partial charge in [-0.05, 0) is 13.8 Å². The first-order valence-electron chi connectivity index (χ1n) is 5.05. The van der Waals surface area contributed by atoms with Crippen LogP contribution in [-0.4, -0.2) is 15.6 Å². The van der Waals surface area contributed by atoms with Gasteiger partial charge in [0, 0.05) is 16.3 Å². The molecule has 4 heteroatoms. The molecule has 0 aliphatic heterocycles. The average Bonchev–Trinajstić information content (AvgIpc) is 2.47. The molecule has 15 heavy (non-hydrogen) atoms. The van der Waals surface area contributed by atoms with Crippen LogP contribution in [0.5, 0.6) is 0 Å². The van der Waals surface area contributed by atoms with Gasteiger partial charge < -0.3 is 10.8 Å². The van der Waals surface area contributed by atoms with Crippen LogP contribution in [0.25, 0.3) is 0 Å². The van der Waals surface area contributed by atoms with Crippen molar-refractivity contribution < 1.29 is 5.11 Å². The minimum Gasteiger partial charge on any atom is -0.385 e. The number of aliphatic hydroxyl groups excluding tert-OH is 1. The zero-order chi connectivity index (χ0) is 11.9. The highest BCUT2D eigenvalue weighted by Gasteiger charge is 2.28. The van der Waals surface area contributed by atoms with Crippen LogP contribution in [0.1, 0.15) is 51.4 Å². The van der Waals surface area contributed by atoms with Gasteiger partial charge in [-0.1, -0.05) is 20.8 Å². The number of nitrogens with two attached hydrogens (primary N) is 1. The molecule has 1 atom stereocenters. The highest BCUT2D eigenvalue weighted by molar-refractivity contribution is 7.09. The van der Waals surface area contributed by atoms with Crippen molar-refractivity contribution in [2.24, 2.45) is 5.73 Å². The summed E-state index contributed by atoms with van der Waals surface area (Å²) in [5, 5.41) is 12.9. The van der Waals surface area contributed by atoms with Crippen molar-refractivity contribution >= 4 is 11.3 Å². The van der Waals surface area contributed by atoms with Crippen LogP contribution in [0.3, 0.4) is 0 Å². The molecule has 1 rings (SSSR count). The van der Waals surface area contributed by atoms with Crippen LogP contribution in [0.2, 0.25) is 0 Å². The highest BCUT2D eigenvalue weighted by atomic mass is 32.1. The maximum absolute atomic E-state index is 9.96. The van der Waals surface area contributed by atoms with Crippen molar-refractivity contribution in [3.63, 3.8) is 0 Å². The second-order valence-corrected chi connectivity index (χ2v) is 6.41. The molecule has 0 aliphatic carbocycles. The third kappa shape index (κ3) is 3.00. The Morgan fingerprint density at radius 1 is 1.33 bits per heavy atom. The van der Waals surface area contributed by atoms with Gasteiger partial charge in [0.25, 0.3) is 0 Å². The van der Waals surface area contributed by atoms with Gasteiger partial charge >= 0.3 is 0 Å². The monoisotopic (exact) mass is 228 g/mol. The van der Waals surface area contributed by atoms with Crippen LogP contribution in [0.4, 0.5) is 0 Å². The summed E-state index contributed by atoms with van der Waals surface area (Å²) in [5.41, 5.74) is 5.90.